The van der Waals surface area contributed by atoms with Crippen LogP contribution in [0.1, 0.15) is 30.9 Å². The Hall–Kier alpha value is -0.690. The Labute approximate surface area is 78.0 Å². The molecule has 66 valence electrons. The van der Waals surface area contributed by atoms with Crippen molar-refractivity contribution in [3.05, 3.63) is 28.3 Å². The molecule has 1 aromatic rings. The summed E-state index contributed by atoms with van der Waals surface area (Å²) < 4.78 is 0. The van der Waals surface area contributed by atoms with Crippen LogP contribution in [0, 0.1) is 6.92 Å². The molecule has 12 heavy (non-hydrogen) atoms. The number of halogens is 1. The second-order valence-electron chi connectivity index (χ2n) is 3.27. The van der Waals surface area contributed by atoms with Gasteiger partial charge in [-0.25, -0.2) is 0 Å². The molecular formula is C10H13ClO. The van der Waals surface area contributed by atoms with Gasteiger partial charge in [0, 0.05) is 0 Å². The van der Waals surface area contributed by atoms with E-state index in [4.69, 9.17) is 11.6 Å². The number of hydrogen-bond donors (Lipinski definition) is 1. The zero-order valence-corrected chi connectivity index (χ0v) is 8.31. The Bertz CT molecular complexity index is 292. The van der Waals surface area contributed by atoms with Crippen LogP contribution in [-0.4, -0.2) is 5.11 Å². The summed E-state index contributed by atoms with van der Waals surface area (Å²) >= 11 is 5.88. The van der Waals surface area contributed by atoms with Crippen molar-refractivity contribution in [2.75, 3.05) is 0 Å². The molecule has 0 amide bonds. The van der Waals surface area contributed by atoms with Gasteiger partial charge in [0.25, 0.3) is 0 Å². The average Bonchev–Trinajstić information content (AvgIpc) is 2.00. The van der Waals surface area contributed by atoms with Crippen molar-refractivity contribution in [1.29, 1.82) is 0 Å². The van der Waals surface area contributed by atoms with Gasteiger partial charge in [-0.2, -0.15) is 0 Å². The van der Waals surface area contributed by atoms with E-state index in [0.717, 1.165) is 5.56 Å². The second kappa shape index (κ2) is 3.36. The van der Waals surface area contributed by atoms with Gasteiger partial charge < -0.3 is 5.11 Å². The summed E-state index contributed by atoms with van der Waals surface area (Å²) in [6.45, 7) is 6.14. The Balaban J connectivity index is 3.27. The highest BCUT2D eigenvalue weighted by Gasteiger charge is 2.08. The molecule has 0 aliphatic rings. The van der Waals surface area contributed by atoms with Gasteiger partial charge in [-0.15, -0.1) is 0 Å². The van der Waals surface area contributed by atoms with Crippen LogP contribution < -0.4 is 0 Å². The van der Waals surface area contributed by atoms with Gasteiger partial charge in [0.05, 0.1) is 5.02 Å². The fourth-order valence-corrected chi connectivity index (χ4v) is 1.48. The summed E-state index contributed by atoms with van der Waals surface area (Å²) in [7, 11) is 0. The molecule has 0 radical (unpaired) electrons. The monoisotopic (exact) mass is 184 g/mol. The zero-order valence-electron chi connectivity index (χ0n) is 7.56. The van der Waals surface area contributed by atoms with Crippen LogP contribution in [0.5, 0.6) is 5.75 Å². The Morgan fingerprint density at radius 1 is 1.33 bits per heavy atom. The quantitative estimate of drug-likeness (QED) is 0.709. The van der Waals surface area contributed by atoms with Gasteiger partial charge in [0.2, 0.25) is 0 Å². The van der Waals surface area contributed by atoms with E-state index in [1.807, 2.05) is 13.0 Å². The third kappa shape index (κ3) is 1.56. The van der Waals surface area contributed by atoms with E-state index >= 15 is 0 Å². The van der Waals surface area contributed by atoms with Crippen molar-refractivity contribution >= 4 is 11.6 Å². The first-order chi connectivity index (χ1) is 5.54. The summed E-state index contributed by atoms with van der Waals surface area (Å²) in [5.74, 6) is 0.613. The van der Waals surface area contributed by atoms with Gasteiger partial charge in [-0.1, -0.05) is 31.5 Å². The predicted molar refractivity (Wildman–Crippen MR) is 51.9 cm³/mol. The van der Waals surface area contributed by atoms with Crippen LogP contribution in [0.2, 0.25) is 5.02 Å². The third-order valence-corrected chi connectivity index (χ3v) is 2.51. The lowest BCUT2D eigenvalue weighted by molar-refractivity contribution is 0.474. The van der Waals surface area contributed by atoms with E-state index in [2.05, 4.69) is 13.8 Å². The average molecular weight is 185 g/mol. The largest absolute Gasteiger partial charge is 0.506 e. The second-order valence-corrected chi connectivity index (χ2v) is 3.65. The first kappa shape index (κ1) is 9.40. The molecule has 0 unspecified atom stereocenters. The van der Waals surface area contributed by atoms with Crippen LogP contribution in [0.4, 0.5) is 0 Å². The van der Waals surface area contributed by atoms with Crippen molar-refractivity contribution in [3.8, 4) is 5.75 Å². The number of hydrogen-bond acceptors (Lipinski definition) is 1. The van der Waals surface area contributed by atoms with Crippen molar-refractivity contribution < 1.29 is 5.11 Å². The number of benzene rings is 1. The van der Waals surface area contributed by atoms with Crippen LogP contribution >= 0.6 is 11.6 Å². The summed E-state index contributed by atoms with van der Waals surface area (Å²) in [5, 5.41) is 9.75. The minimum Gasteiger partial charge on any atom is -0.506 e. The molecule has 0 heterocycles. The molecule has 1 nitrogen and oxygen atoms in total. The molecule has 1 aromatic carbocycles. The van der Waals surface area contributed by atoms with Gasteiger partial charge in [-0.05, 0) is 30.0 Å². The topological polar surface area (TPSA) is 20.2 Å². The maximum absolute atomic E-state index is 9.27. The molecule has 0 atom stereocenters. The van der Waals surface area contributed by atoms with E-state index in [9.17, 15) is 5.11 Å². The smallest absolute Gasteiger partial charge is 0.134 e. The fourth-order valence-electron chi connectivity index (χ4n) is 1.31. The standard InChI is InChI=1S/C10H13ClO/c1-6(2)8-4-5-9(12)10(11)7(8)3/h4-6,12H,1-3H3. The number of phenols is 1. The highest BCUT2D eigenvalue weighted by atomic mass is 35.5. The van der Waals surface area contributed by atoms with Gasteiger partial charge in [-0.3, -0.25) is 0 Å². The first-order valence-corrected chi connectivity index (χ1v) is 4.39. The molecule has 1 rings (SSSR count). The minimum absolute atomic E-state index is 0.165. The Kier molecular flexibility index (Phi) is 2.63. The molecule has 2 heteroatoms. The summed E-state index contributed by atoms with van der Waals surface area (Å²) in [6.07, 6.45) is 0. The van der Waals surface area contributed by atoms with Gasteiger partial charge >= 0.3 is 0 Å². The van der Waals surface area contributed by atoms with Crippen LogP contribution in [-0.2, 0) is 0 Å². The number of rotatable bonds is 1. The summed E-state index contributed by atoms with van der Waals surface area (Å²) in [5.41, 5.74) is 2.17. The molecule has 0 aromatic heterocycles. The van der Waals surface area contributed by atoms with Gasteiger partial charge in [0.15, 0.2) is 0 Å². The molecule has 0 saturated carbocycles. The number of phenolic OH excluding ortho intramolecular Hbond substituents is 1. The maximum Gasteiger partial charge on any atom is 0.134 e. The first-order valence-electron chi connectivity index (χ1n) is 4.02. The molecule has 1 N–H and O–H groups in total. The lowest BCUT2D eigenvalue weighted by Crippen LogP contribution is -1.92. The number of aromatic hydroxyl groups is 1. The molecular weight excluding hydrogens is 172 g/mol. The van der Waals surface area contributed by atoms with Crippen molar-refractivity contribution in [2.24, 2.45) is 0 Å². The Morgan fingerprint density at radius 2 is 1.92 bits per heavy atom. The fraction of sp³-hybridized carbons (Fsp3) is 0.400. The van der Waals surface area contributed by atoms with E-state index in [1.54, 1.807) is 6.07 Å². The molecule has 0 spiro atoms. The van der Waals surface area contributed by atoms with E-state index in [-0.39, 0.29) is 5.75 Å². The lowest BCUT2D eigenvalue weighted by atomic mass is 9.98. The third-order valence-electron chi connectivity index (χ3n) is 2.03. The normalized spacial score (nSPS) is 10.8. The van der Waals surface area contributed by atoms with E-state index in [1.165, 1.54) is 5.56 Å². The van der Waals surface area contributed by atoms with Gasteiger partial charge in [0.1, 0.15) is 5.75 Å². The molecule has 0 aliphatic carbocycles. The minimum atomic E-state index is 0.165. The van der Waals surface area contributed by atoms with Crippen molar-refractivity contribution in [2.45, 2.75) is 26.7 Å². The Morgan fingerprint density at radius 3 is 2.42 bits per heavy atom. The van der Waals surface area contributed by atoms with E-state index in [0.29, 0.717) is 10.9 Å². The van der Waals surface area contributed by atoms with Crippen LogP contribution in [0.25, 0.3) is 0 Å². The molecule has 0 fully saturated rings. The SMILES string of the molecule is Cc1c(C(C)C)ccc(O)c1Cl. The van der Waals surface area contributed by atoms with Crippen molar-refractivity contribution in [1.82, 2.24) is 0 Å². The molecule has 0 aliphatic heterocycles. The molecule has 0 saturated heterocycles. The molecule has 0 bridgehead atoms. The highest BCUT2D eigenvalue weighted by molar-refractivity contribution is 6.32. The van der Waals surface area contributed by atoms with Crippen LogP contribution in [0.3, 0.4) is 0 Å². The summed E-state index contributed by atoms with van der Waals surface area (Å²) in [6, 6.07) is 3.56. The van der Waals surface area contributed by atoms with Crippen molar-refractivity contribution in [3.63, 3.8) is 0 Å². The highest BCUT2D eigenvalue weighted by Crippen LogP contribution is 2.32. The van der Waals surface area contributed by atoms with E-state index < -0.39 is 0 Å². The summed E-state index contributed by atoms with van der Waals surface area (Å²) in [4.78, 5) is 0. The zero-order chi connectivity index (χ0) is 9.30. The van der Waals surface area contributed by atoms with Crippen LogP contribution in [0.15, 0.2) is 12.1 Å². The maximum atomic E-state index is 9.27. The predicted octanol–water partition coefficient (Wildman–Crippen LogP) is 3.48. The lowest BCUT2D eigenvalue weighted by Gasteiger charge is -2.11.